The van der Waals surface area contributed by atoms with Crippen molar-refractivity contribution in [3.05, 3.63) is 54.1 Å². The van der Waals surface area contributed by atoms with Crippen LogP contribution in [0.2, 0.25) is 0 Å². The third kappa shape index (κ3) is 3.45. The van der Waals surface area contributed by atoms with Gasteiger partial charge in [-0.1, -0.05) is 53.7 Å². The molecule has 0 heterocycles. The molecular formula is C16H15NO3. The summed E-state index contributed by atoms with van der Waals surface area (Å²) < 4.78 is 0. The summed E-state index contributed by atoms with van der Waals surface area (Å²) in [5.74, 6) is -1.08. The minimum atomic E-state index is -1.08. The van der Waals surface area contributed by atoms with Crippen LogP contribution in [-0.2, 0) is 9.63 Å². The molecule has 0 atom stereocenters. The number of carbonyl (C=O) groups is 1. The number of nitrogens with zero attached hydrogens (tertiary/aromatic N) is 1. The van der Waals surface area contributed by atoms with Crippen LogP contribution in [0.1, 0.15) is 12.5 Å². The summed E-state index contributed by atoms with van der Waals surface area (Å²) in [5.41, 5.74) is 1.02. The van der Waals surface area contributed by atoms with Crippen molar-refractivity contribution in [1.82, 2.24) is 0 Å². The van der Waals surface area contributed by atoms with E-state index in [1.165, 1.54) is 12.3 Å². The molecule has 4 heteroatoms. The average Bonchev–Trinajstić information content (AvgIpc) is 2.46. The molecule has 0 spiro atoms. The van der Waals surface area contributed by atoms with Crippen molar-refractivity contribution in [2.75, 3.05) is 6.61 Å². The monoisotopic (exact) mass is 269 g/mol. The smallest absolute Gasteiger partial charge is 0.353 e. The first-order valence-electron chi connectivity index (χ1n) is 6.22. The molecule has 0 amide bonds. The first-order valence-corrected chi connectivity index (χ1v) is 6.22. The fourth-order valence-corrected chi connectivity index (χ4v) is 1.79. The number of rotatable bonds is 5. The van der Waals surface area contributed by atoms with E-state index in [0.717, 1.165) is 10.9 Å². The van der Waals surface area contributed by atoms with Crippen LogP contribution >= 0.6 is 0 Å². The number of benzene rings is 2. The molecule has 0 aliphatic heterocycles. The molecular weight excluding hydrogens is 254 g/mol. The van der Waals surface area contributed by atoms with E-state index in [0.29, 0.717) is 0 Å². The van der Waals surface area contributed by atoms with Gasteiger partial charge in [0.15, 0.2) is 5.71 Å². The molecule has 0 unspecified atom stereocenters. The third-order valence-electron chi connectivity index (χ3n) is 2.80. The van der Waals surface area contributed by atoms with Crippen LogP contribution in [0, 0.1) is 0 Å². The van der Waals surface area contributed by atoms with Crippen molar-refractivity contribution < 1.29 is 14.7 Å². The highest BCUT2D eigenvalue weighted by atomic mass is 16.6. The molecule has 4 nitrogen and oxygen atoms in total. The summed E-state index contributed by atoms with van der Waals surface area (Å²) in [5, 5.41) is 14.4. The first-order chi connectivity index (χ1) is 9.68. The van der Waals surface area contributed by atoms with E-state index in [1.54, 1.807) is 6.08 Å². The summed E-state index contributed by atoms with van der Waals surface area (Å²) in [6.45, 7) is 1.62. The Hall–Kier alpha value is -2.62. The van der Waals surface area contributed by atoms with Crippen molar-refractivity contribution in [3.63, 3.8) is 0 Å². The molecule has 20 heavy (non-hydrogen) atoms. The summed E-state index contributed by atoms with van der Waals surface area (Å²) in [7, 11) is 0. The van der Waals surface area contributed by atoms with Crippen molar-refractivity contribution in [2.45, 2.75) is 6.92 Å². The van der Waals surface area contributed by atoms with Gasteiger partial charge in [0.25, 0.3) is 0 Å². The van der Waals surface area contributed by atoms with Gasteiger partial charge in [0.1, 0.15) is 6.61 Å². The minimum absolute atomic E-state index is 0.0661. The largest absolute Gasteiger partial charge is 0.477 e. The highest BCUT2D eigenvalue weighted by Gasteiger charge is 2.00. The maximum atomic E-state index is 10.5. The Kier molecular flexibility index (Phi) is 4.50. The van der Waals surface area contributed by atoms with Gasteiger partial charge < -0.3 is 9.94 Å². The number of fused-ring (bicyclic) bond motifs is 1. The van der Waals surface area contributed by atoms with Gasteiger partial charge in [0, 0.05) is 0 Å². The minimum Gasteiger partial charge on any atom is -0.477 e. The molecule has 0 radical (unpaired) electrons. The molecule has 0 aromatic heterocycles. The standard InChI is InChI=1S/C16H15NO3/c1-12(16(18)19)17-20-11-5-9-14-8-4-7-13-6-2-3-10-15(13)14/h2-10H,11H2,1H3,(H,18,19). The number of hydrogen-bond acceptors (Lipinski definition) is 3. The topological polar surface area (TPSA) is 58.9 Å². The van der Waals surface area contributed by atoms with Crippen molar-refractivity contribution in [2.24, 2.45) is 5.16 Å². The Morgan fingerprint density at radius 3 is 2.80 bits per heavy atom. The number of carboxylic acids is 1. The van der Waals surface area contributed by atoms with E-state index in [1.807, 2.05) is 30.3 Å². The summed E-state index contributed by atoms with van der Waals surface area (Å²) in [6, 6.07) is 14.2. The second-order valence-corrected chi connectivity index (χ2v) is 4.25. The van der Waals surface area contributed by atoms with Gasteiger partial charge in [-0.2, -0.15) is 0 Å². The van der Waals surface area contributed by atoms with E-state index in [4.69, 9.17) is 9.94 Å². The van der Waals surface area contributed by atoms with Crippen LogP contribution in [0.4, 0.5) is 0 Å². The quantitative estimate of drug-likeness (QED) is 0.514. The van der Waals surface area contributed by atoms with Crippen molar-refractivity contribution in [3.8, 4) is 0 Å². The zero-order valence-electron chi connectivity index (χ0n) is 11.1. The highest BCUT2D eigenvalue weighted by molar-refractivity contribution is 6.34. The molecule has 102 valence electrons. The molecule has 0 aliphatic carbocycles. The van der Waals surface area contributed by atoms with Gasteiger partial charge in [-0.05, 0) is 29.3 Å². The number of aliphatic carboxylic acids is 1. The Morgan fingerprint density at radius 2 is 2.00 bits per heavy atom. The highest BCUT2D eigenvalue weighted by Crippen LogP contribution is 2.19. The lowest BCUT2D eigenvalue weighted by Gasteiger charge is -2.01. The van der Waals surface area contributed by atoms with Crippen LogP contribution in [0.5, 0.6) is 0 Å². The van der Waals surface area contributed by atoms with Gasteiger partial charge in [0.2, 0.25) is 0 Å². The van der Waals surface area contributed by atoms with Crippen LogP contribution in [0.3, 0.4) is 0 Å². The lowest BCUT2D eigenvalue weighted by Crippen LogP contribution is -2.08. The maximum absolute atomic E-state index is 10.5. The average molecular weight is 269 g/mol. The Labute approximate surface area is 117 Å². The fraction of sp³-hybridized carbons (Fsp3) is 0.125. The SMILES string of the molecule is CC(=NOCC=Cc1cccc2ccccc12)C(=O)O. The lowest BCUT2D eigenvalue weighted by atomic mass is 10.0. The zero-order chi connectivity index (χ0) is 14.4. The van der Waals surface area contributed by atoms with Gasteiger partial charge in [-0.3, -0.25) is 0 Å². The lowest BCUT2D eigenvalue weighted by molar-refractivity contribution is -0.129. The third-order valence-corrected chi connectivity index (χ3v) is 2.80. The predicted octanol–water partition coefficient (Wildman–Crippen LogP) is 3.33. The zero-order valence-corrected chi connectivity index (χ0v) is 11.1. The van der Waals surface area contributed by atoms with E-state index in [-0.39, 0.29) is 12.3 Å². The Balaban J connectivity index is 2.04. The molecule has 0 fully saturated rings. The number of hydrogen-bond donors (Lipinski definition) is 1. The normalized spacial score (nSPS) is 11.9. The fourth-order valence-electron chi connectivity index (χ4n) is 1.79. The first kappa shape index (κ1) is 13.8. The molecule has 2 aromatic rings. The van der Waals surface area contributed by atoms with Crippen LogP contribution in [-0.4, -0.2) is 23.4 Å². The molecule has 0 saturated carbocycles. The Bertz CT molecular complexity index is 669. The van der Waals surface area contributed by atoms with Crippen LogP contribution in [0.15, 0.2) is 53.7 Å². The van der Waals surface area contributed by atoms with Gasteiger partial charge in [0.05, 0.1) is 0 Å². The van der Waals surface area contributed by atoms with E-state index in [9.17, 15) is 4.79 Å². The molecule has 2 aromatic carbocycles. The Morgan fingerprint density at radius 1 is 1.25 bits per heavy atom. The van der Waals surface area contributed by atoms with Crippen molar-refractivity contribution >= 4 is 28.5 Å². The van der Waals surface area contributed by atoms with E-state index >= 15 is 0 Å². The summed E-state index contributed by atoms with van der Waals surface area (Å²) in [6.07, 6.45) is 3.74. The predicted molar refractivity (Wildman–Crippen MR) is 79.7 cm³/mol. The molecule has 0 bridgehead atoms. The second-order valence-electron chi connectivity index (χ2n) is 4.25. The van der Waals surface area contributed by atoms with E-state index in [2.05, 4.69) is 23.4 Å². The molecule has 1 N–H and O–H groups in total. The van der Waals surface area contributed by atoms with Crippen LogP contribution in [0.25, 0.3) is 16.8 Å². The maximum Gasteiger partial charge on any atom is 0.353 e. The van der Waals surface area contributed by atoms with Gasteiger partial charge in [-0.25, -0.2) is 4.79 Å². The molecule has 0 saturated heterocycles. The van der Waals surface area contributed by atoms with Gasteiger partial charge in [-0.15, -0.1) is 0 Å². The number of carboxylic acid groups (broad SMARTS) is 1. The number of oxime groups is 1. The van der Waals surface area contributed by atoms with E-state index < -0.39 is 5.97 Å². The van der Waals surface area contributed by atoms with Gasteiger partial charge >= 0.3 is 5.97 Å². The molecule has 2 rings (SSSR count). The second kappa shape index (κ2) is 6.52. The molecule has 0 aliphatic rings. The van der Waals surface area contributed by atoms with Crippen molar-refractivity contribution in [1.29, 1.82) is 0 Å². The summed E-state index contributed by atoms with van der Waals surface area (Å²) >= 11 is 0. The van der Waals surface area contributed by atoms with Crippen LogP contribution < -0.4 is 0 Å². The summed E-state index contributed by atoms with van der Waals surface area (Å²) in [4.78, 5) is 15.4.